The van der Waals surface area contributed by atoms with Crippen LogP contribution in [0.2, 0.25) is 0 Å². The van der Waals surface area contributed by atoms with Crippen LogP contribution in [0, 0.1) is 13.8 Å². The second-order valence-corrected chi connectivity index (χ2v) is 6.82. The Morgan fingerprint density at radius 1 is 1.24 bits per heavy atom. The van der Waals surface area contributed by atoms with E-state index in [1.165, 1.54) is 8.99 Å². The molecule has 9 heteroatoms. The fourth-order valence-corrected chi connectivity index (χ4v) is 4.48. The minimum Gasteiger partial charge on any atom is -0.474 e. The molecule has 2 aromatic heterocycles. The fraction of sp³-hybridized carbons (Fsp3) is 0.500. The van der Waals surface area contributed by atoms with Crippen LogP contribution in [0.4, 0.5) is 5.69 Å². The van der Waals surface area contributed by atoms with E-state index < -0.39 is 10.0 Å². The van der Waals surface area contributed by atoms with Crippen LogP contribution in [-0.2, 0) is 24.1 Å². The molecule has 3 heterocycles. The highest BCUT2D eigenvalue weighted by Gasteiger charge is 2.36. The highest BCUT2D eigenvalue weighted by molar-refractivity contribution is 7.92. The lowest BCUT2D eigenvalue weighted by Crippen LogP contribution is -2.39. The molecule has 0 aliphatic carbocycles. The minimum absolute atomic E-state index is 0.193. The van der Waals surface area contributed by atoms with Crippen molar-refractivity contribution in [3.63, 3.8) is 0 Å². The normalized spacial score (nSPS) is 15.0. The van der Waals surface area contributed by atoms with E-state index in [2.05, 4.69) is 10.2 Å². The van der Waals surface area contributed by atoms with Crippen molar-refractivity contribution in [2.24, 2.45) is 14.1 Å². The Morgan fingerprint density at radius 2 is 1.95 bits per heavy atom. The van der Waals surface area contributed by atoms with Crippen LogP contribution in [0.15, 0.2) is 11.2 Å². The molecule has 0 saturated heterocycles. The van der Waals surface area contributed by atoms with Gasteiger partial charge in [-0.2, -0.15) is 18.6 Å². The molecule has 0 amide bonds. The standard InChI is InChI=1S/C12H17N5O3S/c1-8-7-13-16(4)12(8)21(18,19)17-5-6-20-11-10(17)9(2)14-15(11)3/h7H,5-6H2,1-4H3. The average molecular weight is 311 g/mol. The van der Waals surface area contributed by atoms with Gasteiger partial charge in [0.05, 0.1) is 18.4 Å². The maximum absolute atomic E-state index is 13.0. The molecule has 2 aromatic rings. The molecule has 0 aromatic carbocycles. The van der Waals surface area contributed by atoms with Crippen LogP contribution in [0.5, 0.6) is 5.88 Å². The summed E-state index contributed by atoms with van der Waals surface area (Å²) in [6.45, 7) is 4.05. The van der Waals surface area contributed by atoms with Gasteiger partial charge in [0.2, 0.25) is 5.88 Å². The summed E-state index contributed by atoms with van der Waals surface area (Å²) >= 11 is 0. The molecule has 3 rings (SSSR count). The molecule has 8 nitrogen and oxygen atoms in total. The molecule has 1 aliphatic rings. The lowest BCUT2D eigenvalue weighted by atomic mass is 10.3. The lowest BCUT2D eigenvalue weighted by molar-refractivity contribution is 0.288. The van der Waals surface area contributed by atoms with Crippen molar-refractivity contribution in [3.05, 3.63) is 17.5 Å². The Labute approximate surface area is 123 Å². The van der Waals surface area contributed by atoms with Crippen molar-refractivity contribution < 1.29 is 13.2 Å². The number of sulfonamides is 1. The summed E-state index contributed by atoms with van der Waals surface area (Å²) in [5, 5.41) is 8.46. The number of hydrogen-bond acceptors (Lipinski definition) is 5. The number of fused-ring (bicyclic) bond motifs is 1. The summed E-state index contributed by atoms with van der Waals surface area (Å²) in [6, 6.07) is 0. The van der Waals surface area contributed by atoms with Crippen LogP contribution in [0.3, 0.4) is 0 Å². The zero-order valence-electron chi connectivity index (χ0n) is 12.4. The topological polar surface area (TPSA) is 82.2 Å². The summed E-state index contributed by atoms with van der Waals surface area (Å²) in [4.78, 5) is 0. The summed E-state index contributed by atoms with van der Waals surface area (Å²) in [5.41, 5.74) is 1.74. The lowest BCUT2D eigenvalue weighted by Gasteiger charge is -2.28. The summed E-state index contributed by atoms with van der Waals surface area (Å²) in [7, 11) is -0.346. The highest BCUT2D eigenvalue weighted by Crippen LogP contribution is 2.37. The first-order valence-corrected chi connectivity index (χ1v) is 7.95. The molecular formula is C12H17N5O3S. The van der Waals surface area contributed by atoms with Gasteiger partial charge in [0.1, 0.15) is 12.3 Å². The maximum atomic E-state index is 13.0. The predicted molar refractivity (Wildman–Crippen MR) is 75.9 cm³/mol. The number of aryl methyl sites for hydroxylation is 4. The van der Waals surface area contributed by atoms with Crippen molar-refractivity contribution in [2.45, 2.75) is 18.9 Å². The Balaban J connectivity index is 2.19. The van der Waals surface area contributed by atoms with Gasteiger partial charge in [0.25, 0.3) is 10.0 Å². The number of anilines is 1. The smallest absolute Gasteiger partial charge is 0.282 e. The second-order valence-electron chi connectivity index (χ2n) is 5.04. The van der Waals surface area contributed by atoms with Crippen LogP contribution in [0.25, 0.3) is 0 Å². The number of aromatic nitrogens is 4. The van der Waals surface area contributed by atoms with E-state index in [9.17, 15) is 8.42 Å². The molecule has 114 valence electrons. The van der Waals surface area contributed by atoms with Crippen LogP contribution >= 0.6 is 0 Å². The summed E-state index contributed by atoms with van der Waals surface area (Å²) in [5.74, 6) is 0.474. The summed E-state index contributed by atoms with van der Waals surface area (Å²) < 4.78 is 35.8. The predicted octanol–water partition coefficient (Wildman–Crippen LogP) is 0.358. The van der Waals surface area contributed by atoms with E-state index >= 15 is 0 Å². The van der Waals surface area contributed by atoms with Crippen molar-refractivity contribution in [1.29, 1.82) is 0 Å². The van der Waals surface area contributed by atoms with Gasteiger partial charge < -0.3 is 4.74 Å². The molecule has 0 saturated carbocycles. The van der Waals surface area contributed by atoms with E-state index in [0.717, 1.165) is 0 Å². The number of nitrogens with zero attached hydrogens (tertiary/aromatic N) is 5. The van der Waals surface area contributed by atoms with Crippen LogP contribution < -0.4 is 9.04 Å². The molecule has 0 bridgehead atoms. The van der Waals surface area contributed by atoms with Gasteiger partial charge in [0, 0.05) is 19.7 Å². The van der Waals surface area contributed by atoms with Gasteiger partial charge in [-0.25, -0.2) is 4.68 Å². The molecular weight excluding hydrogens is 294 g/mol. The molecule has 0 spiro atoms. The third-order valence-electron chi connectivity index (χ3n) is 3.51. The van der Waals surface area contributed by atoms with Gasteiger partial charge in [0.15, 0.2) is 5.03 Å². The molecule has 0 radical (unpaired) electrons. The third kappa shape index (κ3) is 1.91. The van der Waals surface area contributed by atoms with E-state index in [1.54, 1.807) is 38.8 Å². The van der Waals surface area contributed by atoms with Crippen LogP contribution in [0.1, 0.15) is 11.3 Å². The molecule has 0 atom stereocenters. The van der Waals surface area contributed by atoms with Gasteiger partial charge in [-0.3, -0.25) is 8.99 Å². The number of ether oxygens (including phenoxy) is 1. The Hall–Kier alpha value is -2.03. The first kappa shape index (κ1) is 13.9. The highest BCUT2D eigenvalue weighted by atomic mass is 32.2. The maximum Gasteiger partial charge on any atom is 0.282 e. The molecule has 0 N–H and O–H groups in total. The van der Waals surface area contributed by atoms with E-state index in [4.69, 9.17) is 4.74 Å². The van der Waals surface area contributed by atoms with Crippen molar-refractivity contribution >= 4 is 15.7 Å². The molecule has 21 heavy (non-hydrogen) atoms. The van der Waals surface area contributed by atoms with Crippen molar-refractivity contribution in [2.75, 3.05) is 17.5 Å². The zero-order chi connectivity index (χ0) is 15.4. The third-order valence-corrected chi connectivity index (χ3v) is 5.53. The molecule has 0 unspecified atom stereocenters. The molecule has 1 aliphatic heterocycles. The van der Waals surface area contributed by atoms with Crippen molar-refractivity contribution in [3.8, 4) is 5.88 Å². The van der Waals surface area contributed by atoms with Crippen LogP contribution in [-0.4, -0.2) is 41.1 Å². The number of rotatable bonds is 2. The second kappa shape index (κ2) is 4.48. The number of hydrogen-bond donors (Lipinski definition) is 0. The summed E-state index contributed by atoms with van der Waals surface area (Å²) in [6.07, 6.45) is 1.55. The van der Waals surface area contributed by atoms with Gasteiger partial charge in [-0.1, -0.05) is 0 Å². The van der Waals surface area contributed by atoms with Gasteiger partial charge in [-0.15, -0.1) is 0 Å². The van der Waals surface area contributed by atoms with Crippen molar-refractivity contribution in [1.82, 2.24) is 19.6 Å². The quantitative estimate of drug-likeness (QED) is 0.799. The van der Waals surface area contributed by atoms with Gasteiger partial charge in [-0.05, 0) is 13.8 Å². The minimum atomic E-state index is -3.70. The SMILES string of the molecule is Cc1cnn(C)c1S(=O)(=O)N1CCOc2c1c(C)nn2C. The zero-order valence-corrected chi connectivity index (χ0v) is 13.2. The fourth-order valence-electron chi connectivity index (χ4n) is 2.66. The van der Waals surface area contributed by atoms with E-state index in [-0.39, 0.29) is 11.6 Å². The molecule has 0 fully saturated rings. The van der Waals surface area contributed by atoms with Gasteiger partial charge >= 0.3 is 0 Å². The van der Waals surface area contributed by atoms with E-state index in [0.29, 0.717) is 29.4 Å². The monoisotopic (exact) mass is 311 g/mol. The Morgan fingerprint density at radius 3 is 2.57 bits per heavy atom. The first-order valence-electron chi connectivity index (χ1n) is 6.51. The average Bonchev–Trinajstić information content (AvgIpc) is 2.91. The Kier molecular flexibility index (Phi) is 2.97. The Bertz CT molecular complexity index is 786. The van der Waals surface area contributed by atoms with E-state index in [1.807, 2.05) is 0 Å². The largest absolute Gasteiger partial charge is 0.474 e. The first-order chi connectivity index (χ1) is 9.84.